The first-order chi connectivity index (χ1) is 19.0. The average molecular weight is 524 g/mol. The number of anilines is 2. The number of Topliss-reactive ketones (excluding diaryl/α,β-unsaturated/α-hetero) is 1. The van der Waals surface area contributed by atoms with E-state index < -0.39 is 11.7 Å². The highest BCUT2D eigenvalue weighted by molar-refractivity contribution is 6.47. The molecule has 2 aromatic carbocycles. The second-order valence-electron chi connectivity index (χ2n) is 9.71. The number of carbonyl (C=O) groups excluding carboxylic acids is 2. The number of nitrogens with zero attached hydrogens (tertiary/aromatic N) is 2. The maximum atomic E-state index is 13.4. The van der Waals surface area contributed by atoms with Gasteiger partial charge in [0.2, 0.25) is 0 Å². The van der Waals surface area contributed by atoms with Crippen molar-refractivity contribution in [3.8, 4) is 11.1 Å². The standard InChI is InChI=1S/C31H33N5O3/c1-21-16-22(2)34-26(17-21)19-32-12-13-33-24-8-10-25(11-9-24)35-31(38)30(37)29-28(23-6-4-3-5-7-23)18-27-20-39-15-14-36(27)29/h3-11,16-18,32-33H,12-15,19-20H2,1-2H3,(H,35,38). The highest BCUT2D eigenvalue weighted by Gasteiger charge is 2.28. The van der Waals surface area contributed by atoms with E-state index in [0.29, 0.717) is 37.7 Å². The Hall–Kier alpha value is -4.27. The Balaban J connectivity index is 1.17. The van der Waals surface area contributed by atoms with Crippen molar-refractivity contribution in [1.29, 1.82) is 0 Å². The molecule has 0 spiro atoms. The maximum absolute atomic E-state index is 13.4. The molecule has 0 unspecified atom stereocenters. The van der Waals surface area contributed by atoms with E-state index >= 15 is 0 Å². The second kappa shape index (κ2) is 12.1. The molecule has 0 fully saturated rings. The number of aromatic nitrogens is 2. The number of nitrogens with one attached hydrogen (secondary N) is 3. The van der Waals surface area contributed by atoms with Crippen LogP contribution in [0.25, 0.3) is 11.1 Å². The summed E-state index contributed by atoms with van der Waals surface area (Å²) in [5, 5.41) is 9.53. The van der Waals surface area contributed by atoms with Gasteiger partial charge in [-0.15, -0.1) is 0 Å². The van der Waals surface area contributed by atoms with Crippen molar-refractivity contribution in [3.63, 3.8) is 0 Å². The molecule has 8 heteroatoms. The van der Waals surface area contributed by atoms with Crippen LogP contribution in [-0.2, 0) is 29.2 Å². The molecular weight excluding hydrogens is 490 g/mol. The van der Waals surface area contributed by atoms with E-state index in [0.717, 1.165) is 47.0 Å². The van der Waals surface area contributed by atoms with Crippen LogP contribution in [0.5, 0.6) is 0 Å². The van der Waals surface area contributed by atoms with Gasteiger partial charge in [0.25, 0.3) is 11.7 Å². The van der Waals surface area contributed by atoms with Crippen LogP contribution in [0.2, 0.25) is 0 Å². The molecule has 0 bridgehead atoms. The Labute approximate surface area is 228 Å². The zero-order valence-electron chi connectivity index (χ0n) is 22.3. The van der Waals surface area contributed by atoms with Gasteiger partial charge in [0.15, 0.2) is 0 Å². The smallest absolute Gasteiger partial charge is 0.298 e. The van der Waals surface area contributed by atoms with E-state index in [1.165, 1.54) is 5.56 Å². The molecule has 0 aliphatic carbocycles. The van der Waals surface area contributed by atoms with Gasteiger partial charge in [-0.1, -0.05) is 30.3 Å². The average Bonchev–Trinajstić information content (AvgIpc) is 3.33. The molecule has 200 valence electrons. The molecule has 0 saturated carbocycles. The topological polar surface area (TPSA) is 97.3 Å². The summed E-state index contributed by atoms with van der Waals surface area (Å²) in [7, 11) is 0. The van der Waals surface area contributed by atoms with Crippen LogP contribution >= 0.6 is 0 Å². The van der Waals surface area contributed by atoms with Crippen molar-refractivity contribution >= 4 is 23.1 Å². The van der Waals surface area contributed by atoms with Crippen molar-refractivity contribution in [1.82, 2.24) is 14.9 Å². The van der Waals surface area contributed by atoms with Crippen LogP contribution < -0.4 is 16.0 Å². The van der Waals surface area contributed by atoms with Gasteiger partial charge in [-0.25, -0.2) is 0 Å². The fourth-order valence-electron chi connectivity index (χ4n) is 4.89. The lowest BCUT2D eigenvalue weighted by molar-refractivity contribution is -0.112. The lowest BCUT2D eigenvalue weighted by Gasteiger charge is -2.18. The molecule has 4 aromatic rings. The number of aryl methyl sites for hydroxylation is 2. The lowest BCUT2D eigenvalue weighted by Crippen LogP contribution is -2.28. The molecule has 5 rings (SSSR count). The first kappa shape index (κ1) is 26.3. The lowest BCUT2D eigenvalue weighted by atomic mass is 10.0. The van der Waals surface area contributed by atoms with Crippen LogP contribution in [0, 0.1) is 13.8 Å². The minimum absolute atomic E-state index is 0.402. The molecule has 39 heavy (non-hydrogen) atoms. The second-order valence-corrected chi connectivity index (χ2v) is 9.71. The predicted molar refractivity (Wildman–Crippen MR) is 153 cm³/mol. The minimum Gasteiger partial charge on any atom is -0.384 e. The van der Waals surface area contributed by atoms with Gasteiger partial charge in [0.1, 0.15) is 5.69 Å². The van der Waals surface area contributed by atoms with E-state index in [1.54, 1.807) is 12.1 Å². The molecule has 0 atom stereocenters. The van der Waals surface area contributed by atoms with Crippen molar-refractivity contribution in [2.24, 2.45) is 0 Å². The SMILES string of the molecule is Cc1cc(C)nc(CNCCNc2ccc(NC(=O)C(=O)c3c(-c4ccccc4)cc4n3CCOC4)cc2)c1. The fourth-order valence-corrected chi connectivity index (χ4v) is 4.89. The van der Waals surface area contributed by atoms with E-state index in [9.17, 15) is 9.59 Å². The monoisotopic (exact) mass is 523 g/mol. The van der Waals surface area contributed by atoms with Gasteiger partial charge in [-0.3, -0.25) is 14.6 Å². The Kier molecular flexibility index (Phi) is 8.15. The summed E-state index contributed by atoms with van der Waals surface area (Å²) >= 11 is 0. The highest BCUT2D eigenvalue weighted by Crippen LogP contribution is 2.30. The predicted octanol–water partition coefficient (Wildman–Crippen LogP) is 4.72. The molecule has 3 heterocycles. The minimum atomic E-state index is -0.663. The Morgan fingerprint density at radius 2 is 1.72 bits per heavy atom. The largest absolute Gasteiger partial charge is 0.384 e. The molecule has 1 amide bonds. The number of hydrogen-bond donors (Lipinski definition) is 3. The van der Waals surface area contributed by atoms with Gasteiger partial charge < -0.3 is 25.3 Å². The summed E-state index contributed by atoms with van der Waals surface area (Å²) in [6.45, 7) is 7.77. The Bertz CT molecular complexity index is 1440. The zero-order valence-corrected chi connectivity index (χ0v) is 22.3. The normalized spacial score (nSPS) is 12.6. The first-order valence-electron chi connectivity index (χ1n) is 13.2. The number of fused-ring (bicyclic) bond motifs is 1. The zero-order chi connectivity index (χ0) is 27.2. The quantitative estimate of drug-likeness (QED) is 0.158. The van der Waals surface area contributed by atoms with Gasteiger partial charge in [-0.2, -0.15) is 0 Å². The molecule has 0 radical (unpaired) electrons. The Morgan fingerprint density at radius 1 is 0.949 bits per heavy atom. The van der Waals surface area contributed by atoms with E-state index in [-0.39, 0.29) is 0 Å². The summed E-state index contributed by atoms with van der Waals surface area (Å²) < 4.78 is 7.48. The van der Waals surface area contributed by atoms with Gasteiger partial charge in [0.05, 0.1) is 18.9 Å². The van der Waals surface area contributed by atoms with Crippen molar-refractivity contribution in [2.75, 3.05) is 30.3 Å². The summed E-state index contributed by atoms with van der Waals surface area (Å²) in [6, 6.07) is 23.1. The number of rotatable bonds is 10. The van der Waals surface area contributed by atoms with E-state index in [4.69, 9.17) is 4.74 Å². The van der Waals surface area contributed by atoms with Gasteiger partial charge >= 0.3 is 0 Å². The summed E-state index contributed by atoms with van der Waals surface area (Å²) in [6.07, 6.45) is 0. The number of benzene rings is 2. The van der Waals surface area contributed by atoms with Crippen molar-refractivity contribution < 1.29 is 14.3 Å². The third-order valence-corrected chi connectivity index (χ3v) is 6.63. The molecule has 2 aromatic heterocycles. The van der Waals surface area contributed by atoms with Crippen molar-refractivity contribution in [3.05, 3.63) is 101 Å². The Morgan fingerprint density at radius 3 is 2.49 bits per heavy atom. The number of carbonyl (C=O) groups is 2. The summed E-state index contributed by atoms with van der Waals surface area (Å²) in [4.78, 5) is 31.0. The van der Waals surface area contributed by atoms with Crippen LogP contribution in [0.4, 0.5) is 11.4 Å². The number of hydrogen-bond acceptors (Lipinski definition) is 6. The first-order valence-corrected chi connectivity index (χ1v) is 13.2. The van der Waals surface area contributed by atoms with E-state index in [2.05, 4.69) is 40.0 Å². The molecule has 1 aliphatic rings. The number of ketones is 1. The molecule has 1 aliphatic heterocycles. The molecule has 3 N–H and O–H groups in total. The summed E-state index contributed by atoms with van der Waals surface area (Å²) in [5.41, 5.74) is 7.70. The number of ether oxygens (including phenoxy) is 1. The highest BCUT2D eigenvalue weighted by atomic mass is 16.5. The maximum Gasteiger partial charge on any atom is 0.298 e. The van der Waals surface area contributed by atoms with Crippen LogP contribution in [-0.4, -0.2) is 40.9 Å². The van der Waals surface area contributed by atoms with Gasteiger partial charge in [-0.05, 0) is 67.4 Å². The van der Waals surface area contributed by atoms with Gasteiger partial charge in [0, 0.05) is 54.5 Å². The van der Waals surface area contributed by atoms with Crippen LogP contribution in [0.1, 0.15) is 33.1 Å². The summed E-state index contributed by atoms with van der Waals surface area (Å²) in [5.74, 6) is -1.22. The number of amides is 1. The number of pyridine rings is 1. The van der Waals surface area contributed by atoms with E-state index in [1.807, 2.05) is 60.0 Å². The third kappa shape index (κ3) is 6.42. The third-order valence-electron chi connectivity index (χ3n) is 6.63. The van der Waals surface area contributed by atoms with Crippen molar-refractivity contribution in [2.45, 2.75) is 33.5 Å². The molecule has 8 nitrogen and oxygen atoms in total. The molecule has 0 saturated heterocycles. The van der Waals surface area contributed by atoms with Crippen LogP contribution in [0.15, 0.2) is 72.8 Å². The molecular formula is C31H33N5O3. The fraction of sp³-hybridized carbons (Fsp3) is 0.258. The van der Waals surface area contributed by atoms with Crippen LogP contribution in [0.3, 0.4) is 0 Å².